The minimum absolute atomic E-state index is 0.00930. The molecule has 0 radical (unpaired) electrons. The normalized spacial score (nSPS) is 16.1. The molecule has 5 heteroatoms. The van der Waals surface area contributed by atoms with Gasteiger partial charge >= 0.3 is 0 Å². The minimum Gasteiger partial charge on any atom is -0.398 e. The SMILES string of the molecule is Nc1cc(C(=O)N2CCCSCC2)nc2ccccc12. The number of thioether (sulfide) groups is 1. The molecular formula is C15H17N3OS. The molecule has 0 spiro atoms. The number of pyridine rings is 1. The van der Waals surface area contributed by atoms with Crippen molar-refractivity contribution < 1.29 is 4.79 Å². The predicted octanol–water partition coefficient (Wildman–Crippen LogP) is 2.40. The summed E-state index contributed by atoms with van der Waals surface area (Å²) < 4.78 is 0. The number of nitrogens with two attached hydrogens (primary N) is 1. The first kappa shape index (κ1) is 13.2. The second kappa shape index (κ2) is 5.71. The Morgan fingerprint density at radius 2 is 2.10 bits per heavy atom. The summed E-state index contributed by atoms with van der Waals surface area (Å²) in [5.74, 6) is 2.11. The predicted molar refractivity (Wildman–Crippen MR) is 84.0 cm³/mol. The van der Waals surface area contributed by atoms with E-state index in [0.717, 1.165) is 41.9 Å². The third-order valence-electron chi connectivity index (χ3n) is 3.48. The number of rotatable bonds is 1. The smallest absolute Gasteiger partial charge is 0.272 e. The van der Waals surface area contributed by atoms with E-state index in [1.165, 1.54) is 0 Å². The summed E-state index contributed by atoms with van der Waals surface area (Å²) in [5.41, 5.74) is 7.88. The van der Waals surface area contributed by atoms with Crippen molar-refractivity contribution in [2.24, 2.45) is 0 Å². The van der Waals surface area contributed by atoms with E-state index >= 15 is 0 Å². The van der Waals surface area contributed by atoms with E-state index in [0.29, 0.717) is 11.4 Å². The van der Waals surface area contributed by atoms with Gasteiger partial charge in [0.15, 0.2) is 0 Å². The van der Waals surface area contributed by atoms with E-state index in [-0.39, 0.29) is 5.91 Å². The van der Waals surface area contributed by atoms with E-state index in [4.69, 9.17) is 5.73 Å². The van der Waals surface area contributed by atoms with Crippen molar-refractivity contribution in [3.63, 3.8) is 0 Å². The van der Waals surface area contributed by atoms with E-state index in [1.807, 2.05) is 40.9 Å². The van der Waals surface area contributed by atoms with E-state index < -0.39 is 0 Å². The Labute approximate surface area is 122 Å². The first-order valence-corrected chi connectivity index (χ1v) is 7.93. The lowest BCUT2D eigenvalue weighted by Crippen LogP contribution is -2.33. The summed E-state index contributed by atoms with van der Waals surface area (Å²) in [7, 11) is 0. The highest BCUT2D eigenvalue weighted by Crippen LogP contribution is 2.21. The van der Waals surface area contributed by atoms with Crippen molar-refractivity contribution in [3.05, 3.63) is 36.0 Å². The quantitative estimate of drug-likeness (QED) is 0.875. The molecule has 1 aliphatic rings. The fourth-order valence-electron chi connectivity index (χ4n) is 2.42. The molecule has 0 bridgehead atoms. The van der Waals surface area contributed by atoms with Gasteiger partial charge < -0.3 is 10.6 Å². The second-order valence-electron chi connectivity index (χ2n) is 4.87. The minimum atomic E-state index is -0.00930. The van der Waals surface area contributed by atoms with Crippen LogP contribution in [0.25, 0.3) is 10.9 Å². The molecule has 1 aromatic heterocycles. The Kier molecular flexibility index (Phi) is 3.78. The fourth-order valence-corrected chi connectivity index (χ4v) is 3.31. The second-order valence-corrected chi connectivity index (χ2v) is 6.10. The van der Waals surface area contributed by atoms with Crippen molar-refractivity contribution in [1.29, 1.82) is 0 Å². The molecule has 0 saturated carbocycles. The number of benzene rings is 1. The molecule has 1 aliphatic heterocycles. The lowest BCUT2D eigenvalue weighted by atomic mass is 10.1. The third-order valence-corrected chi connectivity index (χ3v) is 4.53. The van der Waals surface area contributed by atoms with Crippen LogP contribution < -0.4 is 5.73 Å². The maximum Gasteiger partial charge on any atom is 0.272 e. The van der Waals surface area contributed by atoms with Crippen LogP contribution in [0, 0.1) is 0 Å². The summed E-state index contributed by atoms with van der Waals surface area (Å²) in [4.78, 5) is 18.9. The van der Waals surface area contributed by atoms with Gasteiger partial charge in [0.05, 0.1) is 5.52 Å². The van der Waals surface area contributed by atoms with Gasteiger partial charge in [-0.2, -0.15) is 11.8 Å². The van der Waals surface area contributed by atoms with Gasteiger partial charge in [-0.05, 0) is 24.3 Å². The number of aromatic nitrogens is 1. The lowest BCUT2D eigenvalue weighted by molar-refractivity contribution is 0.0763. The summed E-state index contributed by atoms with van der Waals surface area (Å²) in [6.07, 6.45) is 1.04. The number of hydrogen-bond acceptors (Lipinski definition) is 4. The van der Waals surface area contributed by atoms with Crippen LogP contribution in [0.5, 0.6) is 0 Å². The molecule has 104 valence electrons. The summed E-state index contributed by atoms with van der Waals surface area (Å²) in [6, 6.07) is 9.34. The Hall–Kier alpha value is -1.75. The highest BCUT2D eigenvalue weighted by molar-refractivity contribution is 7.99. The summed E-state index contributed by atoms with van der Waals surface area (Å²) in [5, 5.41) is 0.899. The van der Waals surface area contributed by atoms with Crippen LogP contribution in [0.4, 0.5) is 5.69 Å². The van der Waals surface area contributed by atoms with Crippen LogP contribution >= 0.6 is 11.8 Å². The topological polar surface area (TPSA) is 59.2 Å². The number of fused-ring (bicyclic) bond motifs is 1. The Balaban J connectivity index is 1.94. The zero-order chi connectivity index (χ0) is 13.9. The van der Waals surface area contributed by atoms with Gasteiger partial charge in [-0.3, -0.25) is 4.79 Å². The van der Waals surface area contributed by atoms with Crippen molar-refractivity contribution in [1.82, 2.24) is 9.88 Å². The molecule has 0 unspecified atom stereocenters. The number of amides is 1. The van der Waals surface area contributed by atoms with Crippen LogP contribution in [0.15, 0.2) is 30.3 Å². The number of hydrogen-bond donors (Lipinski definition) is 1. The molecule has 4 nitrogen and oxygen atoms in total. The average Bonchev–Trinajstić information content (AvgIpc) is 2.75. The van der Waals surface area contributed by atoms with E-state index in [9.17, 15) is 4.79 Å². The molecule has 0 aliphatic carbocycles. The van der Waals surface area contributed by atoms with Crippen LogP contribution in [0.3, 0.4) is 0 Å². The van der Waals surface area contributed by atoms with E-state index in [2.05, 4.69) is 4.98 Å². The van der Waals surface area contributed by atoms with Gasteiger partial charge in [0.25, 0.3) is 5.91 Å². The Morgan fingerprint density at radius 3 is 3.00 bits per heavy atom. The maximum absolute atomic E-state index is 12.5. The molecule has 1 aromatic carbocycles. The standard InChI is InChI=1S/C15H17N3OS/c16-12-10-14(17-13-5-2-1-4-11(12)13)15(19)18-6-3-8-20-9-7-18/h1-2,4-5,10H,3,6-9H2,(H2,16,17). The number of carbonyl (C=O) groups is 1. The van der Waals surface area contributed by atoms with Crippen LogP contribution in [-0.4, -0.2) is 40.4 Å². The number of nitrogens with zero attached hydrogens (tertiary/aromatic N) is 2. The van der Waals surface area contributed by atoms with Gasteiger partial charge in [0, 0.05) is 29.9 Å². The summed E-state index contributed by atoms with van der Waals surface area (Å²) >= 11 is 1.90. The Morgan fingerprint density at radius 1 is 1.25 bits per heavy atom. The van der Waals surface area contributed by atoms with Gasteiger partial charge in [-0.1, -0.05) is 18.2 Å². The Bertz CT molecular complexity index is 636. The maximum atomic E-state index is 12.5. The largest absolute Gasteiger partial charge is 0.398 e. The highest BCUT2D eigenvalue weighted by atomic mass is 32.2. The highest BCUT2D eigenvalue weighted by Gasteiger charge is 2.19. The van der Waals surface area contributed by atoms with Crippen molar-refractivity contribution in [2.45, 2.75) is 6.42 Å². The van der Waals surface area contributed by atoms with Crippen molar-refractivity contribution in [3.8, 4) is 0 Å². The molecule has 2 N–H and O–H groups in total. The molecule has 1 amide bonds. The van der Waals surface area contributed by atoms with Gasteiger partial charge in [-0.25, -0.2) is 4.98 Å². The molecule has 1 saturated heterocycles. The van der Waals surface area contributed by atoms with Gasteiger partial charge in [0.1, 0.15) is 5.69 Å². The summed E-state index contributed by atoms with van der Waals surface area (Å²) in [6.45, 7) is 1.60. The number of anilines is 1. The lowest BCUT2D eigenvalue weighted by Gasteiger charge is -2.19. The van der Waals surface area contributed by atoms with Crippen molar-refractivity contribution >= 4 is 34.3 Å². The molecule has 2 heterocycles. The molecule has 2 aromatic rings. The van der Waals surface area contributed by atoms with Crippen LogP contribution in [0.2, 0.25) is 0 Å². The van der Waals surface area contributed by atoms with E-state index in [1.54, 1.807) is 6.07 Å². The first-order chi connectivity index (χ1) is 9.75. The van der Waals surface area contributed by atoms with Gasteiger partial charge in [-0.15, -0.1) is 0 Å². The van der Waals surface area contributed by atoms with Crippen LogP contribution in [0.1, 0.15) is 16.9 Å². The number of nitrogen functional groups attached to an aromatic ring is 1. The third kappa shape index (κ3) is 2.58. The first-order valence-electron chi connectivity index (χ1n) is 6.78. The monoisotopic (exact) mass is 287 g/mol. The van der Waals surface area contributed by atoms with Gasteiger partial charge in [0.2, 0.25) is 0 Å². The molecule has 3 rings (SSSR count). The van der Waals surface area contributed by atoms with Crippen molar-refractivity contribution in [2.75, 3.05) is 30.3 Å². The number of carbonyl (C=O) groups excluding carboxylic acids is 1. The number of para-hydroxylation sites is 1. The average molecular weight is 287 g/mol. The van der Waals surface area contributed by atoms with Crippen LogP contribution in [-0.2, 0) is 0 Å². The molecule has 20 heavy (non-hydrogen) atoms. The fraction of sp³-hybridized carbons (Fsp3) is 0.333. The zero-order valence-corrected chi connectivity index (χ0v) is 12.0. The molecular weight excluding hydrogens is 270 g/mol. The molecule has 0 atom stereocenters. The molecule has 1 fully saturated rings. The zero-order valence-electron chi connectivity index (χ0n) is 11.2.